The van der Waals surface area contributed by atoms with E-state index < -0.39 is 24.6 Å². The number of hydrogen-bond acceptors (Lipinski definition) is 3. The maximum atomic E-state index is 13.4. The number of Topliss-reactive ketones (excluding diaryl/α,β-unsaturated/α-hetero) is 1. The summed E-state index contributed by atoms with van der Waals surface area (Å²) >= 11 is 0. The van der Waals surface area contributed by atoms with Gasteiger partial charge >= 0.3 is 0 Å². The Morgan fingerprint density at radius 1 is 1.31 bits per heavy atom. The van der Waals surface area contributed by atoms with Gasteiger partial charge in [-0.25, -0.2) is 8.78 Å². The second-order valence-electron chi connectivity index (χ2n) is 3.14. The maximum Gasteiger partial charge on any atom is 0.267 e. The van der Waals surface area contributed by atoms with Crippen LogP contribution in [-0.4, -0.2) is 12.5 Å². The molecule has 1 heterocycles. The summed E-state index contributed by atoms with van der Waals surface area (Å²) in [6, 6.07) is 3.96. The highest BCUT2D eigenvalue weighted by Crippen LogP contribution is 2.28. The topological polar surface area (TPSA) is 35.5 Å². The standard InChI is InChI=1S/C11H8F2O3/c12-6-9(14)10-7(2-1-3-8(10)13)11-15-4-5-16-11/h1-5,11H,6H2. The van der Waals surface area contributed by atoms with Crippen LogP contribution in [-0.2, 0) is 9.47 Å². The molecule has 0 saturated carbocycles. The summed E-state index contributed by atoms with van der Waals surface area (Å²) in [4.78, 5) is 11.3. The van der Waals surface area contributed by atoms with Gasteiger partial charge in [0.25, 0.3) is 6.29 Å². The van der Waals surface area contributed by atoms with Gasteiger partial charge in [-0.2, -0.15) is 0 Å². The Balaban J connectivity index is 2.43. The lowest BCUT2D eigenvalue weighted by Crippen LogP contribution is -2.12. The Hall–Kier alpha value is -1.91. The minimum absolute atomic E-state index is 0.188. The zero-order valence-corrected chi connectivity index (χ0v) is 8.15. The first kappa shape index (κ1) is 10.6. The van der Waals surface area contributed by atoms with E-state index in [0.29, 0.717) is 0 Å². The number of hydrogen-bond donors (Lipinski definition) is 0. The van der Waals surface area contributed by atoms with Gasteiger partial charge in [0.1, 0.15) is 18.3 Å². The van der Waals surface area contributed by atoms with Crippen molar-refractivity contribution in [2.75, 3.05) is 6.67 Å². The zero-order valence-electron chi connectivity index (χ0n) is 8.15. The Morgan fingerprint density at radius 3 is 2.62 bits per heavy atom. The van der Waals surface area contributed by atoms with Gasteiger partial charge in [-0.1, -0.05) is 12.1 Å². The van der Waals surface area contributed by atoms with Crippen molar-refractivity contribution in [3.8, 4) is 0 Å². The van der Waals surface area contributed by atoms with Crippen molar-refractivity contribution in [2.45, 2.75) is 6.29 Å². The van der Waals surface area contributed by atoms with Gasteiger partial charge in [0.15, 0.2) is 12.5 Å². The van der Waals surface area contributed by atoms with Gasteiger partial charge in [0, 0.05) is 5.56 Å². The highest BCUT2D eigenvalue weighted by molar-refractivity contribution is 5.98. The lowest BCUT2D eigenvalue weighted by Gasteiger charge is -2.14. The van der Waals surface area contributed by atoms with Crippen LogP contribution in [0.4, 0.5) is 8.78 Å². The lowest BCUT2D eigenvalue weighted by atomic mass is 10.0. The van der Waals surface area contributed by atoms with E-state index in [0.717, 1.165) is 6.07 Å². The quantitative estimate of drug-likeness (QED) is 0.743. The zero-order chi connectivity index (χ0) is 11.5. The van der Waals surface area contributed by atoms with Crippen LogP contribution in [0.25, 0.3) is 0 Å². The number of carbonyl (C=O) groups is 1. The summed E-state index contributed by atoms with van der Waals surface area (Å²) in [5, 5.41) is 0. The molecular formula is C11H8F2O3. The summed E-state index contributed by atoms with van der Waals surface area (Å²) in [5.41, 5.74) is -0.133. The van der Waals surface area contributed by atoms with E-state index in [2.05, 4.69) is 0 Å². The van der Waals surface area contributed by atoms with Crippen molar-refractivity contribution >= 4 is 5.78 Å². The van der Waals surface area contributed by atoms with Crippen LogP contribution in [0.15, 0.2) is 30.7 Å². The molecule has 0 fully saturated rings. The molecule has 1 aromatic carbocycles. The number of halogens is 2. The third-order valence-electron chi connectivity index (χ3n) is 2.16. The second kappa shape index (κ2) is 4.30. The molecule has 1 aromatic rings. The molecule has 0 N–H and O–H groups in total. The highest BCUT2D eigenvalue weighted by Gasteiger charge is 2.25. The first-order valence-electron chi connectivity index (χ1n) is 4.57. The molecule has 0 atom stereocenters. The molecule has 2 rings (SSSR count). The fourth-order valence-corrected chi connectivity index (χ4v) is 1.48. The number of benzene rings is 1. The summed E-state index contributed by atoms with van der Waals surface area (Å²) in [7, 11) is 0. The molecule has 0 aliphatic carbocycles. The Bertz CT molecular complexity index is 435. The maximum absolute atomic E-state index is 13.4. The predicted molar refractivity (Wildman–Crippen MR) is 50.8 cm³/mol. The van der Waals surface area contributed by atoms with Gasteiger partial charge in [-0.05, 0) is 6.07 Å². The Kier molecular flexibility index (Phi) is 2.85. The molecule has 0 aromatic heterocycles. The number of rotatable bonds is 3. The minimum atomic E-state index is -1.26. The third kappa shape index (κ3) is 1.76. The van der Waals surface area contributed by atoms with Crippen LogP contribution in [0.5, 0.6) is 0 Å². The molecule has 5 heteroatoms. The fraction of sp³-hybridized carbons (Fsp3) is 0.182. The van der Waals surface area contributed by atoms with Gasteiger partial charge in [-0.15, -0.1) is 0 Å². The molecular weight excluding hydrogens is 218 g/mol. The van der Waals surface area contributed by atoms with Crippen LogP contribution < -0.4 is 0 Å². The molecule has 0 amide bonds. The molecule has 0 saturated heterocycles. The summed E-state index contributed by atoms with van der Waals surface area (Å²) in [6.45, 7) is -1.26. The van der Waals surface area contributed by atoms with Gasteiger partial charge < -0.3 is 9.47 Å². The molecule has 3 nitrogen and oxygen atoms in total. The van der Waals surface area contributed by atoms with Crippen molar-refractivity contribution in [1.82, 2.24) is 0 Å². The summed E-state index contributed by atoms with van der Waals surface area (Å²) in [5.74, 6) is -1.70. The van der Waals surface area contributed by atoms with Crippen molar-refractivity contribution in [3.63, 3.8) is 0 Å². The summed E-state index contributed by atoms with van der Waals surface area (Å²) < 4.78 is 35.7. The lowest BCUT2D eigenvalue weighted by molar-refractivity contribution is -0.0253. The van der Waals surface area contributed by atoms with Crippen LogP contribution in [0, 0.1) is 5.82 Å². The second-order valence-corrected chi connectivity index (χ2v) is 3.14. The van der Waals surface area contributed by atoms with Crippen LogP contribution >= 0.6 is 0 Å². The smallest absolute Gasteiger partial charge is 0.267 e. The largest absolute Gasteiger partial charge is 0.455 e. The minimum Gasteiger partial charge on any atom is -0.455 e. The average molecular weight is 226 g/mol. The van der Waals surface area contributed by atoms with Crippen molar-refractivity contribution < 1.29 is 23.0 Å². The molecule has 0 bridgehead atoms. The number of ketones is 1. The van der Waals surface area contributed by atoms with Crippen molar-refractivity contribution in [3.05, 3.63) is 47.7 Å². The van der Waals surface area contributed by atoms with E-state index in [-0.39, 0.29) is 11.1 Å². The van der Waals surface area contributed by atoms with E-state index in [9.17, 15) is 13.6 Å². The van der Waals surface area contributed by atoms with Crippen LogP contribution in [0.1, 0.15) is 22.2 Å². The van der Waals surface area contributed by atoms with Crippen molar-refractivity contribution in [1.29, 1.82) is 0 Å². The molecule has 84 valence electrons. The monoisotopic (exact) mass is 226 g/mol. The third-order valence-corrected chi connectivity index (χ3v) is 2.16. The molecule has 16 heavy (non-hydrogen) atoms. The molecule has 0 radical (unpaired) electrons. The van der Waals surface area contributed by atoms with E-state index in [1.165, 1.54) is 24.7 Å². The SMILES string of the molecule is O=C(CF)c1c(F)cccc1C1OC=CO1. The van der Waals surface area contributed by atoms with Gasteiger partial charge in [0.2, 0.25) is 0 Å². The average Bonchev–Trinajstić information content (AvgIpc) is 2.81. The van der Waals surface area contributed by atoms with Crippen LogP contribution in [0.3, 0.4) is 0 Å². The number of ether oxygens (including phenoxy) is 2. The summed E-state index contributed by atoms with van der Waals surface area (Å²) in [6.07, 6.45) is 1.67. The molecule has 0 unspecified atom stereocenters. The normalized spacial score (nSPS) is 14.6. The van der Waals surface area contributed by atoms with Crippen LogP contribution in [0.2, 0.25) is 0 Å². The first-order valence-corrected chi connectivity index (χ1v) is 4.57. The first-order chi connectivity index (χ1) is 7.74. The fourth-order valence-electron chi connectivity index (χ4n) is 1.48. The van der Waals surface area contributed by atoms with Crippen molar-refractivity contribution in [2.24, 2.45) is 0 Å². The van der Waals surface area contributed by atoms with E-state index in [1.54, 1.807) is 0 Å². The van der Waals surface area contributed by atoms with Gasteiger partial charge in [-0.3, -0.25) is 4.79 Å². The Labute approximate surface area is 90.3 Å². The highest BCUT2D eigenvalue weighted by atomic mass is 19.1. The van der Waals surface area contributed by atoms with E-state index >= 15 is 0 Å². The molecule has 1 aliphatic rings. The molecule has 0 spiro atoms. The predicted octanol–water partition coefficient (Wildman–Crippen LogP) is 2.49. The number of alkyl halides is 1. The van der Waals surface area contributed by atoms with E-state index in [4.69, 9.17) is 9.47 Å². The Morgan fingerprint density at radius 2 is 2.00 bits per heavy atom. The molecule has 1 aliphatic heterocycles. The van der Waals surface area contributed by atoms with E-state index in [1.807, 2.05) is 0 Å². The number of carbonyl (C=O) groups excluding carboxylic acids is 1. The van der Waals surface area contributed by atoms with Gasteiger partial charge in [0.05, 0.1) is 5.56 Å².